The van der Waals surface area contributed by atoms with Crippen LogP contribution in [-0.4, -0.2) is 25.8 Å². The minimum absolute atomic E-state index is 0.518. The van der Waals surface area contributed by atoms with E-state index in [0.717, 1.165) is 26.0 Å². The van der Waals surface area contributed by atoms with Gasteiger partial charge in [0.05, 0.1) is 13.2 Å². The Morgan fingerprint density at radius 1 is 0.467 bits per heavy atom. The molecule has 0 spiro atoms. The molecule has 0 fully saturated rings. The van der Waals surface area contributed by atoms with Gasteiger partial charge in [-0.25, -0.2) is 4.99 Å². The number of rotatable bonds is 23. The maximum Gasteiger partial charge on any atom is 0.383 e. The second-order valence-corrected chi connectivity index (χ2v) is 8.79. The average Bonchev–Trinajstić information content (AvgIpc) is 2.75. The van der Waals surface area contributed by atoms with Crippen LogP contribution in [0.15, 0.2) is 4.99 Å². The Balaban J connectivity index is 3.50. The van der Waals surface area contributed by atoms with E-state index < -0.39 is 0 Å². The van der Waals surface area contributed by atoms with Gasteiger partial charge >= 0.3 is 6.08 Å². The van der Waals surface area contributed by atoms with E-state index in [1.54, 1.807) is 0 Å². The van der Waals surface area contributed by atoms with Crippen LogP contribution in [0.2, 0.25) is 0 Å². The summed E-state index contributed by atoms with van der Waals surface area (Å²) < 4.78 is 11.3. The van der Waals surface area contributed by atoms with Crippen molar-refractivity contribution in [3.63, 3.8) is 0 Å². The van der Waals surface area contributed by atoms with Crippen LogP contribution >= 0.6 is 0 Å². The smallest absolute Gasteiger partial charge is 0.383 e. The molecule has 0 saturated heterocycles. The summed E-state index contributed by atoms with van der Waals surface area (Å²) in [7, 11) is 0. The second-order valence-electron chi connectivity index (χ2n) is 8.79. The van der Waals surface area contributed by atoms with Crippen molar-refractivity contribution in [3.8, 4) is 0 Å². The Labute approximate surface area is 189 Å². The summed E-state index contributed by atoms with van der Waals surface area (Å²) in [6.45, 7) is 8.77. The molecule has 3 nitrogen and oxygen atoms in total. The molecule has 0 aromatic heterocycles. The summed E-state index contributed by atoms with van der Waals surface area (Å²) in [5.41, 5.74) is 0. The minimum Gasteiger partial charge on any atom is -0.451 e. The normalized spacial score (nSPS) is 11.8. The summed E-state index contributed by atoms with van der Waals surface area (Å²) in [4.78, 5) is 4.54. The molecule has 30 heavy (non-hydrogen) atoms. The topological polar surface area (TPSA) is 30.8 Å². The number of nitrogens with zero attached hydrogens (tertiary/aromatic N) is 1. The molecular formula is C27H55NO2. The van der Waals surface area contributed by atoms with Gasteiger partial charge in [0.1, 0.15) is 0 Å². The van der Waals surface area contributed by atoms with E-state index in [4.69, 9.17) is 9.47 Å². The summed E-state index contributed by atoms with van der Waals surface area (Å²) in [6.07, 6.45) is 27.5. The highest BCUT2D eigenvalue weighted by atomic mass is 16.7. The van der Waals surface area contributed by atoms with Gasteiger partial charge in [-0.15, -0.1) is 0 Å². The van der Waals surface area contributed by atoms with Crippen LogP contribution in [0.25, 0.3) is 0 Å². The van der Waals surface area contributed by atoms with Crippen molar-refractivity contribution in [2.24, 2.45) is 4.99 Å². The average molecular weight is 426 g/mol. The summed E-state index contributed by atoms with van der Waals surface area (Å²) in [6, 6.07) is 0. The fraction of sp³-hybridized carbons (Fsp3) is 0.963. The third-order valence-electron chi connectivity index (χ3n) is 5.74. The first-order valence-electron chi connectivity index (χ1n) is 13.6. The van der Waals surface area contributed by atoms with E-state index in [1.807, 2.05) is 6.92 Å². The highest BCUT2D eigenvalue weighted by molar-refractivity contribution is 5.66. The second kappa shape index (κ2) is 26.3. The molecule has 0 atom stereocenters. The van der Waals surface area contributed by atoms with Gasteiger partial charge in [0, 0.05) is 6.54 Å². The Bertz CT molecular complexity index is 344. The van der Waals surface area contributed by atoms with Gasteiger partial charge < -0.3 is 9.47 Å². The zero-order valence-corrected chi connectivity index (χ0v) is 21.0. The predicted molar refractivity (Wildman–Crippen MR) is 134 cm³/mol. The minimum atomic E-state index is 0.518. The van der Waals surface area contributed by atoms with Crippen molar-refractivity contribution < 1.29 is 9.47 Å². The lowest BCUT2D eigenvalue weighted by molar-refractivity contribution is 0.168. The van der Waals surface area contributed by atoms with Gasteiger partial charge in [-0.1, -0.05) is 129 Å². The molecule has 0 aliphatic heterocycles. The fourth-order valence-electron chi connectivity index (χ4n) is 3.77. The molecule has 180 valence electrons. The molecule has 0 heterocycles. The number of hydrogen-bond acceptors (Lipinski definition) is 3. The van der Waals surface area contributed by atoms with Gasteiger partial charge in [0.15, 0.2) is 0 Å². The van der Waals surface area contributed by atoms with Crippen LogP contribution in [0.5, 0.6) is 0 Å². The van der Waals surface area contributed by atoms with Crippen molar-refractivity contribution in [2.45, 2.75) is 149 Å². The molecule has 0 N–H and O–H groups in total. The molecule has 0 aromatic rings. The van der Waals surface area contributed by atoms with Crippen molar-refractivity contribution in [1.29, 1.82) is 0 Å². The van der Waals surface area contributed by atoms with E-state index in [-0.39, 0.29) is 0 Å². The summed E-state index contributed by atoms with van der Waals surface area (Å²) in [5, 5.41) is 0. The quantitative estimate of drug-likeness (QED) is 0.0927. The van der Waals surface area contributed by atoms with Crippen LogP contribution in [0, 0.1) is 0 Å². The van der Waals surface area contributed by atoms with Gasteiger partial charge in [-0.05, 0) is 19.8 Å². The molecule has 0 aromatic carbocycles. The Hall–Kier alpha value is -0.730. The molecule has 0 rings (SSSR count). The van der Waals surface area contributed by atoms with Crippen LogP contribution in [0.4, 0.5) is 0 Å². The SMILES string of the molecule is CCCCCCCCCCCCN=C(OCC)OCCCCCCCCCCCC. The van der Waals surface area contributed by atoms with Crippen LogP contribution in [0.3, 0.4) is 0 Å². The molecule has 0 unspecified atom stereocenters. The monoisotopic (exact) mass is 425 g/mol. The summed E-state index contributed by atoms with van der Waals surface area (Å²) in [5.74, 6) is 0. The zero-order valence-electron chi connectivity index (χ0n) is 21.0. The first-order valence-corrected chi connectivity index (χ1v) is 13.6. The molecule has 0 aliphatic rings. The van der Waals surface area contributed by atoms with Crippen molar-refractivity contribution in [2.75, 3.05) is 19.8 Å². The zero-order chi connectivity index (χ0) is 22.0. The van der Waals surface area contributed by atoms with Crippen LogP contribution in [0.1, 0.15) is 149 Å². The lowest BCUT2D eigenvalue weighted by atomic mass is 10.1. The maximum absolute atomic E-state index is 5.77. The molecule has 0 amide bonds. The molecule has 0 radical (unpaired) electrons. The van der Waals surface area contributed by atoms with E-state index in [2.05, 4.69) is 18.8 Å². The molecule has 0 bridgehead atoms. The van der Waals surface area contributed by atoms with Crippen molar-refractivity contribution in [3.05, 3.63) is 0 Å². The number of hydrogen-bond donors (Lipinski definition) is 0. The lowest BCUT2D eigenvalue weighted by Crippen LogP contribution is -2.11. The largest absolute Gasteiger partial charge is 0.451 e. The molecule has 0 aliphatic carbocycles. The Morgan fingerprint density at radius 2 is 0.867 bits per heavy atom. The van der Waals surface area contributed by atoms with Gasteiger partial charge in [0.2, 0.25) is 0 Å². The number of ether oxygens (including phenoxy) is 2. The Kier molecular flexibility index (Phi) is 25.7. The Morgan fingerprint density at radius 3 is 1.30 bits per heavy atom. The van der Waals surface area contributed by atoms with Gasteiger partial charge in [0.25, 0.3) is 0 Å². The highest BCUT2D eigenvalue weighted by Crippen LogP contribution is 2.12. The summed E-state index contributed by atoms with van der Waals surface area (Å²) >= 11 is 0. The van der Waals surface area contributed by atoms with Crippen molar-refractivity contribution in [1.82, 2.24) is 0 Å². The fourth-order valence-corrected chi connectivity index (χ4v) is 3.77. The van der Waals surface area contributed by atoms with Crippen LogP contribution in [-0.2, 0) is 9.47 Å². The van der Waals surface area contributed by atoms with Gasteiger partial charge in [-0.3, -0.25) is 0 Å². The lowest BCUT2D eigenvalue weighted by Gasteiger charge is -2.09. The standard InChI is InChI=1S/C27H55NO2/c1-4-7-9-11-13-15-17-19-21-23-25-28-27(29-6-3)30-26-24-22-20-18-16-14-12-10-8-5-2/h4-26H2,1-3H3. The van der Waals surface area contributed by atoms with E-state index in [9.17, 15) is 0 Å². The van der Waals surface area contributed by atoms with E-state index in [1.165, 1.54) is 116 Å². The first-order chi connectivity index (χ1) is 14.8. The molecule has 3 heteroatoms. The van der Waals surface area contributed by atoms with Crippen LogP contribution < -0.4 is 0 Å². The maximum atomic E-state index is 5.77. The van der Waals surface area contributed by atoms with Crippen molar-refractivity contribution >= 4 is 6.08 Å². The van der Waals surface area contributed by atoms with E-state index >= 15 is 0 Å². The number of aliphatic imine (C=N–C) groups is 1. The third-order valence-corrected chi connectivity index (χ3v) is 5.74. The predicted octanol–water partition coefficient (Wildman–Crippen LogP) is 9.24. The van der Waals surface area contributed by atoms with Gasteiger partial charge in [-0.2, -0.15) is 0 Å². The molecule has 0 saturated carbocycles. The third kappa shape index (κ3) is 23.5. The van der Waals surface area contributed by atoms with E-state index in [0.29, 0.717) is 12.7 Å². The number of unbranched alkanes of at least 4 members (excludes halogenated alkanes) is 18. The molecular weight excluding hydrogens is 370 g/mol. The first kappa shape index (κ1) is 29.3. The highest BCUT2D eigenvalue weighted by Gasteiger charge is 2.01.